The maximum atomic E-state index is 13.0. The van der Waals surface area contributed by atoms with E-state index >= 15 is 0 Å². The molecule has 0 unspecified atom stereocenters. The van der Waals surface area contributed by atoms with Crippen LogP contribution in [0.1, 0.15) is 11.3 Å². The highest BCUT2D eigenvalue weighted by Gasteiger charge is 2.02. The van der Waals surface area contributed by atoms with E-state index in [9.17, 15) is 4.39 Å². The average Bonchev–Trinajstić information content (AvgIpc) is 2.76. The SMILES string of the molecule is Fc1ccc(Br)c(CNCc2cnco2)c1. The van der Waals surface area contributed by atoms with Crippen molar-refractivity contribution in [3.8, 4) is 0 Å². The molecule has 0 aliphatic heterocycles. The van der Waals surface area contributed by atoms with Gasteiger partial charge in [0.1, 0.15) is 11.6 Å². The van der Waals surface area contributed by atoms with Gasteiger partial charge in [0.15, 0.2) is 6.39 Å². The molecule has 0 bridgehead atoms. The number of nitrogens with zero attached hydrogens (tertiary/aromatic N) is 1. The van der Waals surface area contributed by atoms with Crippen LogP contribution in [0.5, 0.6) is 0 Å². The molecule has 0 aliphatic carbocycles. The number of benzene rings is 1. The van der Waals surface area contributed by atoms with Crippen LogP contribution in [0.2, 0.25) is 0 Å². The molecule has 0 amide bonds. The Morgan fingerprint density at radius 3 is 3.00 bits per heavy atom. The fourth-order valence-electron chi connectivity index (χ4n) is 1.33. The van der Waals surface area contributed by atoms with Gasteiger partial charge in [0, 0.05) is 11.0 Å². The van der Waals surface area contributed by atoms with Crippen LogP contribution in [-0.2, 0) is 13.1 Å². The lowest BCUT2D eigenvalue weighted by Crippen LogP contribution is -2.12. The lowest BCUT2D eigenvalue weighted by molar-refractivity contribution is 0.478. The maximum Gasteiger partial charge on any atom is 0.180 e. The highest BCUT2D eigenvalue weighted by molar-refractivity contribution is 9.10. The number of nitrogens with one attached hydrogen (secondary N) is 1. The summed E-state index contributed by atoms with van der Waals surface area (Å²) in [5, 5.41) is 3.14. The van der Waals surface area contributed by atoms with Crippen LogP contribution in [0.15, 0.2) is 39.7 Å². The van der Waals surface area contributed by atoms with Crippen LogP contribution in [0.4, 0.5) is 4.39 Å². The van der Waals surface area contributed by atoms with Crippen molar-refractivity contribution in [3.05, 3.63) is 52.4 Å². The van der Waals surface area contributed by atoms with Gasteiger partial charge in [0.25, 0.3) is 0 Å². The van der Waals surface area contributed by atoms with Gasteiger partial charge in [-0.3, -0.25) is 0 Å². The van der Waals surface area contributed by atoms with Crippen molar-refractivity contribution in [1.29, 1.82) is 0 Å². The van der Waals surface area contributed by atoms with E-state index in [2.05, 4.69) is 26.2 Å². The summed E-state index contributed by atoms with van der Waals surface area (Å²) in [6.07, 6.45) is 3.03. The van der Waals surface area contributed by atoms with Crippen LogP contribution in [0.25, 0.3) is 0 Å². The van der Waals surface area contributed by atoms with Crippen LogP contribution < -0.4 is 5.32 Å². The zero-order valence-corrected chi connectivity index (χ0v) is 10.00. The number of rotatable bonds is 4. The molecule has 0 aliphatic rings. The van der Waals surface area contributed by atoms with Gasteiger partial charge in [-0.15, -0.1) is 0 Å². The maximum absolute atomic E-state index is 13.0. The zero-order chi connectivity index (χ0) is 11.4. The van der Waals surface area contributed by atoms with Crippen molar-refractivity contribution in [2.24, 2.45) is 0 Å². The summed E-state index contributed by atoms with van der Waals surface area (Å²) in [4.78, 5) is 3.80. The highest BCUT2D eigenvalue weighted by Crippen LogP contribution is 2.17. The minimum absolute atomic E-state index is 0.236. The molecule has 1 aromatic heterocycles. The van der Waals surface area contributed by atoms with Crippen molar-refractivity contribution in [1.82, 2.24) is 10.3 Å². The molecule has 1 heterocycles. The molecule has 0 fully saturated rings. The van der Waals surface area contributed by atoms with Gasteiger partial charge in [-0.1, -0.05) is 15.9 Å². The molecular weight excluding hydrogens is 275 g/mol. The van der Waals surface area contributed by atoms with E-state index in [0.29, 0.717) is 13.1 Å². The Kier molecular flexibility index (Phi) is 3.69. The van der Waals surface area contributed by atoms with Crippen LogP contribution >= 0.6 is 15.9 Å². The topological polar surface area (TPSA) is 38.1 Å². The van der Waals surface area contributed by atoms with Gasteiger partial charge in [-0.2, -0.15) is 0 Å². The molecule has 0 saturated carbocycles. The first-order valence-corrected chi connectivity index (χ1v) is 5.57. The Bertz CT molecular complexity index is 459. The second-order valence-electron chi connectivity index (χ2n) is 3.31. The number of halogens is 2. The fourth-order valence-corrected chi connectivity index (χ4v) is 1.72. The molecule has 0 saturated heterocycles. The Morgan fingerprint density at radius 1 is 1.38 bits per heavy atom. The van der Waals surface area contributed by atoms with Gasteiger partial charge < -0.3 is 9.73 Å². The average molecular weight is 285 g/mol. The molecule has 1 N–H and O–H groups in total. The summed E-state index contributed by atoms with van der Waals surface area (Å²) in [6, 6.07) is 4.61. The smallest absolute Gasteiger partial charge is 0.180 e. The van der Waals surface area contributed by atoms with E-state index in [1.165, 1.54) is 18.5 Å². The van der Waals surface area contributed by atoms with Crippen molar-refractivity contribution in [2.75, 3.05) is 0 Å². The van der Waals surface area contributed by atoms with Gasteiger partial charge in [-0.25, -0.2) is 9.37 Å². The van der Waals surface area contributed by atoms with Gasteiger partial charge in [0.2, 0.25) is 0 Å². The Balaban J connectivity index is 1.92. The summed E-state index contributed by atoms with van der Waals surface area (Å²) >= 11 is 3.37. The second kappa shape index (κ2) is 5.23. The molecule has 16 heavy (non-hydrogen) atoms. The second-order valence-corrected chi connectivity index (χ2v) is 4.16. The predicted octanol–water partition coefficient (Wildman–Crippen LogP) is 2.87. The number of hydrogen-bond acceptors (Lipinski definition) is 3. The third-order valence-electron chi connectivity index (χ3n) is 2.11. The summed E-state index contributed by atoms with van der Waals surface area (Å²) in [5.74, 6) is 0.521. The molecule has 2 rings (SSSR count). The summed E-state index contributed by atoms with van der Waals surface area (Å²) in [5.41, 5.74) is 0.875. The van der Waals surface area contributed by atoms with Gasteiger partial charge >= 0.3 is 0 Å². The van der Waals surface area contributed by atoms with Gasteiger partial charge in [-0.05, 0) is 23.8 Å². The molecule has 84 valence electrons. The summed E-state index contributed by atoms with van der Waals surface area (Å²) < 4.78 is 18.9. The molecular formula is C11H10BrFN2O. The quantitative estimate of drug-likeness (QED) is 0.938. The Labute approximate surface area is 101 Å². The van der Waals surface area contributed by atoms with E-state index in [0.717, 1.165) is 15.8 Å². The van der Waals surface area contributed by atoms with Crippen LogP contribution in [-0.4, -0.2) is 4.98 Å². The zero-order valence-electron chi connectivity index (χ0n) is 8.41. The molecule has 1 aromatic carbocycles. The lowest BCUT2D eigenvalue weighted by atomic mass is 10.2. The molecule has 5 heteroatoms. The minimum atomic E-state index is -0.236. The van der Waals surface area contributed by atoms with Crippen molar-refractivity contribution in [3.63, 3.8) is 0 Å². The fraction of sp³-hybridized carbons (Fsp3) is 0.182. The molecule has 0 spiro atoms. The molecule has 0 radical (unpaired) electrons. The molecule has 0 atom stereocenters. The Morgan fingerprint density at radius 2 is 2.25 bits per heavy atom. The summed E-state index contributed by atoms with van der Waals surface area (Å²) in [7, 11) is 0. The third-order valence-corrected chi connectivity index (χ3v) is 2.88. The highest BCUT2D eigenvalue weighted by atomic mass is 79.9. The van der Waals surface area contributed by atoms with E-state index in [4.69, 9.17) is 4.42 Å². The number of oxazole rings is 1. The normalized spacial score (nSPS) is 10.6. The standard InChI is InChI=1S/C11H10BrFN2O/c12-11-2-1-9(13)3-8(11)4-14-5-10-6-15-7-16-10/h1-3,6-7,14H,4-5H2. The third kappa shape index (κ3) is 2.90. The summed E-state index contributed by atoms with van der Waals surface area (Å²) in [6.45, 7) is 1.14. The monoisotopic (exact) mass is 284 g/mol. The van der Waals surface area contributed by atoms with Crippen molar-refractivity contribution >= 4 is 15.9 Å². The molecule has 3 nitrogen and oxygen atoms in total. The Hall–Kier alpha value is -1.20. The van der Waals surface area contributed by atoms with Crippen LogP contribution in [0, 0.1) is 5.82 Å². The van der Waals surface area contributed by atoms with E-state index in [1.54, 1.807) is 12.3 Å². The number of hydrogen-bond donors (Lipinski definition) is 1. The van der Waals surface area contributed by atoms with Crippen LogP contribution in [0.3, 0.4) is 0 Å². The van der Waals surface area contributed by atoms with Gasteiger partial charge in [0.05, 0.1) is 12.7 Å². The van der Waals surface area contributed by atoms with E-state index < -0.39 is 0 Å². The first kappa shape index (κ1) is 11.3. The van der Waals surface area contributed by atoms with E-state index in [1.807, 2.05) is 0 Å². The lowest BCUT2D eigenvalue weighted by Gasteiger charge is -2.05. The first-order valence-electron chi connectivity index (χ1n) is 4.78. The molecule has 2 aromatic rings. The first-order chi connectivity index (χ1) is 7.75. The van der Waals surface area contributed by atoms with E-state index in [-0.39, 0.29) is 5.82 Å². The van der Waals surface area contributed by atoms with Crippen molar-refractivity contribution in [2.45, 2.75) is 13.1 Å². The predicted molar refractivity (Wildman–Crippen MR) is 61.1 cm³/mol. The minimum Gasteiger partial charge on any atom is -0.447 e. The largest absolute Gasteiger partial charge is 0.447 e. The van der Waals surface area contributed by atoms with Crippen molar-refractivity contribution < 1.29 is 8.81 Å². The number of aromatic nitrogens is 1.